The van der Waals surface area contributed by atoms with E-state index < -0.39 is 4.75 Å². The quantitative estimate of drug-likeness (QED) is 0.781. The van der Waals surface area contributed by atoms with Gasteiger partial charge in [0, 0.05) is 5.75 Å². The molecule has 0 spiro atoms. The van der Waals surface area contributed by atoms with Crippen LogP contribution in [0, 0.1) is 0 Å². The fraction of sp³-hybridized carbons (Fsp3) is 0.353. The number of esters is 1. The maximum Gasteiger partial charge on any atom is 0.322 e. The van der Waals surface area contributed by atoms with E-state index in [1.54, 1.807) is 30.2 Å². The molecule has 5 heteroatoms. The van der Waals surface area contributed by atoms with Crippen LogP contribution in [0.25, 0.3) is 0 Å². The summed E-state index contributed by atoms with van der Waals surface area (Å²) < 4.78 is 9.78. The topological polar surface area (TPSA) is 35.5 Å². The summed E-state index contributed by atoms with van der Waals surface area (Å²) >= 11 is 3.39. The van der Waals surface area contributed by atoms with Crippen LogP contribution in [0.15, 0.2) is 35.0 Å². The largest absolute Gasteiger partial charge is 0.497 e. The maximum atomic E-state index is 12.4. The zero-order valence-electron chi connectivity index (χ0n) is 12.6. The molecule has 116 valence electrons. The lowest BCUT2D eigenvalue weighted by Crippen LogP contribution is -2.37. The second kappa shape index (κ2) is 6.34. The van der Waals surface area contributed by atoms with Crippen molar-refractivity contribution in [1.82, 2.24) is 0 Å². The zero-order valence-corrected chi connectivity index (χ0v) is 14.3. The van der Waals surface area contributed by atoms with Crippen molar-refractivity contribution < 1.29 is 14.3 Å². The van der Waals surface area contributed by atoms with Gasteiger partial charge in [-0.25, -0.2) is 0 Å². The van der Waals surface area contributed by atoms with Crippen LogP contribution in [0.1, 0.15) is 16.7 Å². The number of ether oxygens (including phenoxy) is 2. The van der Waals surface area contributed by atoms with Gasteiger partial charge in [0.2, 0.25) is 0 Å². The van der Waals surface area contributed by atoms with Crippen LogP contribution in [0.4, 0.5) is 0 Å². The van der Waals surface area contributed by atoms with Crippen LogP contribution in [-0.4, -0.2) is 24.9 Å². The fourth-order valence-electron chi connectivity index (χ4n) is 2.77. The van der Waals surface area contributed by atoms with E-state index in [4.69, 9.17) is 9.47 Å². The van der Waals surface area contributed by atoms with Crippen molar-refractivity contribution in [2.45, 2.75) is 23.3 Å². The molecule has 1 aromatic heterocycles. The third kappa shape index (κ3) is 2.88. The van der Waals surface area contributed by atoms with Gasteiger partial charge in [0.05, 0.1) is 14.2 Å². The number of hydrogen-bond acceptors (Lipinski definition) is 5. The summed E-state index contributed by atoms with van der Waals surface area (Å²) in [6, 6.07) is 7.99. The van der Waals surface area contributed by atoms with Crippen LogP contribution in [0.3, 0.4) is 0 Å². The first-order valence-corrected chi connectivity index (χ1v) is 8.99. The maximum absolute atomic E-state index is 12.4. The number of fused-ring (bicyclic) bond motifs is 1. The average molecular weight is 334 g/mol. The van der Waals surface area contributed by atoms with E-state index in [2.05, 4.69) is 10.8 Å². The molecule has 1 aromatic carbocycles. The second-order valence-electron chi connectivity index (χ2n) is 5.40. The molecule has 0 aliphatic heterocycles. The second-order valence-corrected chi connectivity index (χ2v) is 7.50. The lowest BCUT2D eigenvalue weighted by atomic mass is 10.1. The van der Waals surface area contributed by atoms with Crippen molar-refractivity contribution in [3.05, 3.63) is 51.7 Å². The van der Waals surface area contributed by atoms with Crippen molar-refractivity contribution in [2.75, 3.05) is 14.2 Å². The smallest absolute Gasteiger partial charge is 0.322 e. The number of methoxy groups -OCH3 is 2. The minimum absolute atomic E-state index is 0.118. The minimum atomic E-state index is -0.479. The first-order valence-electron chi connectivity index (χ1n) is 7.06. The highest BCUT2D eigenvalue weighted by atomic mass is 32.2. The summed E-state index contributed by atoms with van der Waals surface area (Å²) in [5, 5.41) is 4.29. The highest BCUT2D eigenvalue weighted by Crippen LogP contribution is 2.43. The van der Waals surface area contributed by atoms with E-state index in [9.17, 15) is 4.79 Å². The minimum Gasteiger partial charge on any atom is -0.497 e. The lowest BCUT2D eigenvalue weighted by Gasteiger charge is -2.25. The number of hydrogen-bond donors (Lipinski definition) is 0. The monoisotopic (exact) mass is 334 g/mol. The molecule has 0 saturated carbocycles. The number of carbonyl (C=O) groups is 1. The molecule has 1 heterocycles. The van der Waals surface area contributed by atoms with Gasteiger partial charge < -0.3 is 9.47 Å². The molecule has 0 N–H and O–H groups in total. The molecule has 22 heavy (non-hydrogen) atoms. The summed E-state index contributed by atoms with van der Waals surface area (Å²) in [6.45, 7) is 0. The number of thioether (sulfide) groups is 1. The van der Waals surface area contributed by atoms with Gasteiger partial charge in [0.25, 0.3) is 0 Å². The first kappa shape index (κ1) is 15.4. The fourth-order valence-corrected chi connectivity index (χ4v) is 4.99. The van der Waals surface area contributed by atoms with Crippen molar-refractivity contribution >= 4 is 29.1 Å². The lowest BCUT2D eigenvalue weighted by molar-refractivity contribution is -0.143. The highest BCUT2D eigenvalue weighted by Gasteiger charge is 2.45. The molecule has 0 atom stereocenters. The summed E-state index contributed by atoms with van der Waals surface area (Å²) in [5.41, 5.74) is 3.76. The number of carbonyl (C=O) groups excluding carboxylic acids is 1. The molecule has 0 unspecified atom stereocenters. The molecule has 1 aliphatic rings. The average Bonchev–Trinajstić information content (AvgIpc) is 3.12. The zero-order chi connectivity index (χ0) is 15.6. The Kier molecular flexibility index (Phi) is 4.45. The number of thiophene rings is 1. The Morgan fingerprint density at radius 3 is 2.36 bits per heavy atom. The van der Waals surface area contributed by atoms with Crippen LogP contribution < -0.4 is 4.74 Å². The van der Waals surface area contributed by atoms with Crippen molar-refractivity contribution in [3.63, 3.8) is 0 Å². The van der Waals surface area contributed by atoms with Gasteiger partial charge in [-0.3, -0.25) is 4.79 Å². The Morgan fingerprint density at radius 1 is 1.18 bits per heavy atom. The van der Waals surface area contributed by atoms with E-state index >= 15 is 0 Å². The van der Waals surface area contributed by atoms with E-state index in [0.717, 1.165) is 24.3 Å². The highest BCUT2D eigenvalue weighted by molar-refractivity contribution is 8.00. The van der Waals surface area contributed by atoms with Crippen molar-refractivity contribution in [3.8, 4) is 5.75 Å². The molecule has 2 aromatic rings. The van der Waals surface area contributed by atoms with Crippen LogP contribution in [0.2, 0.25) is 0 Å². The van der Waals surface area contributed by atoms with Gasteiger partial charge in [0.15, 0.2) is 0 Å². The van der Waals surface area contributed by atoms with Crippen molar-refractivity contribution in [2.24, 2.45) is 0 Å². The van der Waals surface area contributed by atoms with E-state index in [1.807, 2.05) is 24.3 Å². The van der Waals surface area contributed by atoms with Gasteiger partial charge in [-0.2, -0.15) is 11.3 Å². The normalized spacial score (nSPS) is 15.4. The molecule has 3 rings (SSSR count). The Balaban J connectivity index is 1.74. The standard InChI is InChI=1S/C17H18O3S2/c1-19-15-5-3-12(4-6-15)9-22-17(16(18)20-2)7-13-10-21-11-14(13)8-17/h3-6,10-11H,7-9H2,1-2H3. The molecule has 0 amide bonds. The predicted molar refractivity (Wildman–Crippen MR) is 90.8 cm³/mol. The molecule has 0 saturated heterocycles. The first-order chi connectivity index (χ1) is 10.7. The molecule has 0 bridgehead atoms. The Labute approximate surface area is 138 Å². The van der Waals surface area contributed by atoms with E-state index in [1.165, 1.54) is 23.8 Å². The van der Waals surface area contributed by atoms with Crippen molar-refractivity contribution in [1.29, 1.82) is 0 Å². The van der Waals surface area contributed by atoms with Gasteiger partial charge in [-0.05, 0) is 52.4 Å². The number of rotatable bonds is 5. The van der Waals surface area contributed by atoms with Crippen LogP contribution in [-0.2, 0) is 28.1 Å². The molecular formula is C17H18O3S2. The molecule has 1 aliphatic carbocycles. The summed E-state index contributed by atoms with van der Waals surface area (Å²) in [5.74, 6) is 1.51. The third-order valence-corrected chi connectivity index (χ3v) is 6.34. The van der Waals surface area contributed by atoms with Crippen LogP contribution >= 0.6 is 23.1 Å². The Bertz CT molecular complexity index is 640. The van der Waals surface area contributed by atoms with Gasteiger partial charge >= 0.3 is 5.97 Å². The summed E-state index contributed by atoms with van der Waals surface area (Å²) in [4.78, 5) is 12.4. The summed E-state index contributed by atoms with van der Waals surface area (Å²) in [6.07, 6.45) is 1.53. The molecule has 0 fully saturated rings. The number of benzene rings is 1. The SMILES string of the molecule is COC(=O)C1(SCc2ccc(OC)cc2)Cc2cscc2C1. The predicted octanol–water partition coefficient (Wildman–Crippen LogP) is 3.70. The Hall–Kier alpha value is -1.46. The van der Waals surface area contributed by atoms with E-state index in [0.29, 0.717) is 0 Å². The molecule has 0 radical (unpaired) electrons. The Morgan fingerprint density at radius 2 is 1.82 bits per heavy atom. The molecular weight excluding hydrogens is 316 g/mol. The molecule has 3 nitrogen and oxygen atoms in total. The van der Waals surface area contributed by atoms with Gasteiger partial charge in [-0.15, -0.1) is 11.8 Å². The van der Waals surface area contributed by atoms with Gasteiger partial charge in [-0.1, -0.05) is 12.1 Å². The van der Waals surface area contributed by atoms with Gasteiger partial charge in [0.1, 0.15) is 10.5 Å². The third-order valence-electron chi connectivity index (χ3n) is 4.02. The van der Waals surface area contributed by atoms with E-state index in [-0.39, 0.29) is 5.97 Å². The summed E-state index contributed by atoms with van der Waals surface area (Å²) in [7, 11) is 3.14. The van der Waals surface area contributed by atoms with Crippen LogP contribution in [0.5, 0.6) is 5.75 Å².